The summed E-state index contributed by atoms with van der Waals surface area (Å²) in [6.45, 7) is 4.13. The van der Waals surface area contributed by atoms with E-state index in [1.54, 1.807) is 12.4 Å². The standard InChI is InChI=1S/C12H13N3/c1-8-3-9(2)5-10(4-8)11-6-14-7-12(13)15-11/h3-7H,1-2H3,(H2,13,15). The van der Waals surface area contributed by atoms with Gasteiger partial charge in [0.2, 0.25) is 0 Å². The van der Waals surface area contributed by atoms with Crippen molar-refractivity contribution in [3.8, 4) is 11.3 Å². The third kappa shape index (κ3) is 2.13. The average Bonchev–Trinajstić information content (AvgIpc) is 2.16. The minimum atomic E-state index is 0.451. The quantitative estimate of drug-likeness (QED) is 0.767. The zero-order valence-corrected chi connectivity index (χ0v) is 8.86. The van der Waals surface area contributed by atoms with Crippen molar-refractivity contribution < 1.29 is 0 Å². The van der Waals surface area contributed by atoms with E-state index in [1.807, 2.05) is 0 Å². The zero-order valence-electron chi connectivity index (χ0n) is 8.86. The van der Waals surface area contributed by atoms with E-state index >= 15 is 0 Å². The number of hydrogen-bond acceptors (Lipinski definition) is 3. The van der Waals surface area contributed by atoms with Gasteiger partial charge in [-0.15, -0.1) is 0 Å². The largest absolute Gasteiger partial charge is 0.382 e. The Morgan fingerprint density at radius 3 is 2.27 bits per heavy atom. The molecule has 2 N–H and O–H groups in total. The molecule has 0 aliphatic heterocycles. The Morgan fingerprint density at radius 1 is 1.00 bits per heavy atom. The van der Waals surface area contributed by atoms with Crippen molar-refractivity contribution in [2.24, 2.45) is 0 Å². The van der Waals surface area contributed by atoms with Crippen LogP contribution in [0.5, 0.6) is 0 Å². The first-order valence-electron chi connectivity index (χ1n) is 4.81. The number of nitrogens with two attached hydrogens (primary N) is 1. The summed E-state index contributed by atoms with van der Waals surface area (Å²) in [5, 5.41) is 0. The fourth-order valence-electron chi connectivity index (χ4n) is 1.64. The number of hydrogen-bond donors (Lipinski definition) is 1. The molecule has 3 heteroatoms. The predicted molar refractivity (Wildman–Crippen MR) is 61.4 cm³/mol. The number of benzene rings is 1. The molecule has 0 saturated carbocycles. The Labute approximate surface area is 89.0 Å². The maximum absolute atomic E-state index is 5.60. The van der Waals surface area contributed by atoms with Crippen molar-refractivity contribution in [1.82, 2.24) is 9.97 Å². The molecule has 0 atom stereocenters. The normalized spacial score (nSPS) is 10.3. The zero-order chi connectivity index (χ0) is 10.8. The second kappa shape index (κ2) is 3.69. The van der Waals surface area contributed by atoms with E-state index in [0.717, 1.165) is 11.3 Å². The van der Waals surface area contributed by atoms with Gasteiger partial charge in [-0.1, -0.05) is 17.2 Å². The minimum Gasteiger partial charge on any atom is -0.382 e. The van der Waals surface area contributed by atoms with E-state index in [9.17, 15) is 0 Å². The van der Waals surface area contributed by atoms with Gasteiger partial charge in [0.1, 0.15) is 5.82 Å². The van der Waals surface area contributed by atoms with Crippen molar-refractivity contribution >= 4 is 5.82 Å². The van der Waals surface area contributed by atoms with E-state index in [2.05, 4.69) is 42.0 Å². The molecule has 0 aliphatic carbocycles. The van der Waals surface area contributed by atoms with E-state index in [1.165, 1.54) is 11.1 Å². The molecule has 0 fully saturated rings. The summed E-state index contributed by atoms with van der Waals surface area (Å²) in [5.41, 5.74) is 9.92. The van der Waals surface area contributed by atoms with Crippen LogP contribution in [0.15, 0.2) is 30.6 Å². The number of nitrogens with zero attached hydrogens (tertiary/aromatic N) is 2. The number of rotatable bonds is 1. The molecule has 0 bridgehead atoms. The average molecular weight is 199 g/mol. The summed E-state index contributed by atoms with van der Waals surface area (Å²) in [7, 11) is 0. The van der Waals surface area contributed by atoms with Crippen LogP contribution in [0.25, 0.3) is 11.3 Å². The first-order valence-corrected chi connectivity index (χ1v) is 4.81. The SMILES string of the molecule is Cc1cc(C)cc(-c2cncc(N)n2)c1. The van der Waals surface area contributed by atoms with Gasteiger partial charge in [-0.05, 0) is 26.0 Å². The van der Waals surface area contributed by atoms with Crippen LogP contribution >= 0.6 is 0 Å². The molecule has 0 saturated heterocycles. The summed E-state index contributed by atoms with van der Waals surface area (Å²) in [5.74, 6) is 0.451. The van der Waals surface area contributed by atoms with Crippen molar-refractivity contribution in [2.45, 2.75) is 13.8 Å². The van der Waals surface area contributed by atoms with E-state index < -0.39 is 0 Å². The van der Waals surface area contributed by atoms with Gasteiger partial charge in [0.15, 0.2) is 0 Å². The molecule has 2 rings (SSSR count). The summed E-state index contributed by atoms with van der Waals surface area (Å²) in [6.07, 6.45) is 3.27. The van der Waals surface area contributed by atoms with Crippen LogP contribution in [-0.4, -0.2) is 9.97 Å². The number of aromatic nitrogens is 2. The van der Waals surface area contributed by atoms with Gasteiger partial charge in [0, 0.05) is 5.56 Å². The summed E-state index contributed by atoms with van der Waals surface area (Å²) < 4.78 is 0. The van der Waals surface area contributed by atoms with Gasteiger partial charge in [0.25, 0.3) is 0 Å². The third-order valence-corrected chi connectivity index (χ3v) is 2.17. The molecule has 2 aromatic rings. The Balaban J connectivity index is 2.54. The Bertz CT molecular complexity index is 472. The van der Waals surface area contributed by atoms with Crippen molar-refractivity contribution in [3.63, 3.8) is 0 Å². The highest BCUT2D eigenvalue weighted by atomic mass is 14.9. The van der Waals surface area contributed by atoms with Crippen molar-refractivity contribution in [2.75, 3.05) is 5.73 Å². The monoisotopic (exact) mass is 199 g/mol. The van der Waals surface area contributed by atoms with Gasteiger partial charge >= 0.3 is 0 Å². The lowest BCUT2D eigenvalue weighted by Gasteiger charge is -2.04. The van der Waals surface area contributed by atoms with Crippen molar-refractivity contribution in [3.05, 3.63) is 41.7 Å². The van der Waals surface area contributed by atoms with Gasteiger partial charge < -0.3 is 5.73 Å². The Morgan fingerprint density at radius 2 is 1.67 bits per heavy atom. The maximum Gasteiger partial charge on any atom is 0.142 e. The number of nitrogen functional groups attached to an aromatic ring is 1. The third-order valence-electron chi connectivity index (χ3n) is 2.17. The van der Waals surface area contributed by atoms with Crippen LogP contribution in [-0.2, 0) is 0 Å². The summed E-state index contributed by atoms with van der Waals surface area (Å²) in [6, 6.07) is 6.29. The molecule has 1 aromatic carbocycles. The van der Waals surface area contributed by atoms with E-state index in [0.29, 0.717) is 5.82 Å². The minimum absolute atomic E-state index is 0.451. The van der Waals surface area contributed by atoms with Gasteiger partial charge in [-0.25, -0.2) is 4.98 Å². The summed E-state index contributed by atoms with van der Waals surface area (Å²) >= 11 is 0. The fraction of sp³-hybridized carbons (Fsp3) is 0.167. The lowest BCUT2D eigenvalue weighted by molar-refractivity contribution is 1.21. The molecule has 0 spiro atoms. The Hall–Kier alpha value is -1.90. The second-order valence-corrected chi connectivity index (χ2v) is 3.71. The molecule has 0 unspecified atom stereocenters. The smallest absolute Gasteiger partial charge is 0.142 e. The highest BCUT2D eigenvalue weighted by Gasteiger charge is 2.01. The van der Waals surface area contributed by atoms with Gasteiger partial charge in [-0.3, -0.25) is 4.98 Å². The number of aryl methyl sites for hydroxylation is 2. The molecular formula is C12H13N3. The van der Waals surface area contributed by atoms with E-state index in [-0.39, 0.29) is 0 Å². The molecule has 1 aromatic heterocycles. The second-order valence-electron chi connectivity index (χ2n) is 3.71. The van der Waals surface area contributed by atoms with Crippen LogP contribution in [0.4, 0.5) is 5.82 Å². The first-order chi connectivity index (χ1) is 7.15. The lowest BCUT2D eigenvalue weighted by atomic mass is 10.1. The number of anilines is 1. The van der Waals surface area contributed by atoms with Crippen LogP contribution in [0.2, 0.25) is 0 Å². The fourth-order valence-corrected chi connectivity index (χ4v) is 1.64. The predicted octanol–water partition coefficient (Wildman–Crippen LogP) is 2.34. The van der Waals surface area contributed by atoms with Crippen LogP contribution in [0, 0.1) is 13.8 Å². The van der Waals surface area contributed by atoms with Crippen LogP contribution in [0.1, 0.15) is 11.1 Å². The van der Waals surface area contributed by atoms with Gasteiger partial charge in [0.05, 0.1) is 18.1 Å². The molecule has 15 heavy (non-hydrogen) atoms. The highest BCUT2D eigenvalue weighted by Crippen LogP contribution is 2.19. The van der Waals surface area contributed by atoms with Crippen molar-refractivity contribution in [1.29, 1.82) is 0 Å². The maximum atomic E-state index is 5.60. The van der Waals surface area contributed by atoms with E-state index in [4.69, 9.17) is 5.73 Å². The molecule has 1 heterocycles. The van der Waals surface area contributed by atoms with Crippen LogP contribution < -0.4 is 5.73 Å². The molecule has 0 aliphatic rings. The Kier molecular flexibility index (Phi) is 2.37. The molecule has 3 nitrogen and oxygen atoms in total. The van der Waals surface area contributed by atoms with Crippen LogP contribution in [0.3, 0.4) is 0 Å². The highest BCUT2D eigenvalue weighted by molar-refractivity contribution is 5.61. The van der Waals surface area contributed by atoms with Gasteiger partial charge in [-0.2, -0.15) is 0 Å². The first kappa shape index (κ1) is 9.65. The summed E-state index contributed by atoms with van der Waals surface area (Å²) in [4.78, 5) is 8.27. The topological polar surface area (TPSA) is 51.8 Å². The molecule has 76 valence electrons. The lowest BCUT2D eigenvalue weighted by Crippen LogP contribution is -1.94. The molecule has 0 radical (unpaired) electrons. The molecule has 0 amide bonds. The molecular weight excluding hydrogens is 186 g/mol.